The number of aromatic amines is 2. The highest BCUT2D eigenvalue weighted by molar-refractivity contribution is 5.77. The van der Waals surface area contributed by atoms with Crippen LogP contribution < -0.4 is 0 Å². The van der Waals surface area contributed by atoms with Gasteiger partial charge in [0.2, 0.25) is 0 Å². The summed E-state index contributed by atoms with van der Waals surface area (Å²) < 4.78 is 0. The third kappa shape index (κ3) is 2.58. The second-order valence-corrected chi connectivity index (χ2v) is 5.36. The first-order chi connectivity index (χ1) is 10.1. The van der Waals surface area contributed by atoms with Crippen LogP contribution >= 0.6 is 0 Å². The van der Waals surface area contributed by atoms with Gasteiger partial charge in [0.15, 0.2) is 12.6 Å². The molecule has 0 aliphatic carbocycles. The van der Waals surface area contributed by atoms with Gasteiger partial charge in [-0.25, -0.2) is 0 Å². The Labute approximate surface area is 125 Å². The van der Waals surface area contributed by atoms with E-state index in [9.17, 15) is 9.59 Å². The Morgan fingerprint density at radius 3 is 1.48 bits per heavy atom. The number of carbonyl (C=O) groups is 2. The van der Waals surface area contributed by atoms with Gasteiger partial charge in [-0.05, 0) is 48.9 Å². The van der Waals surface area contributed by atoms with Gasteiger partial charge in [0.05, 0.1) is 11.4 Å². The molecular weight excluding hydrogens is 264 g/mol. The Bertz CT molecular complexity index is 619. The minimum absolute atomic E-state index is 0.652. The van der Waals surface area contributed by atoms with E-state index >= 15 is 0 Å². The number of aromatic nitrogens is 2. The Kier molecular flexibility index (Phi) is 4.46. The Morgan fingerprint density at radius 1 is 0.810 bits per heavy atom. The van der Waals surface area contributed by atoms with Gasteiger partial charge in [0, 0.05) is 17.8 Å². The third-order valence-electron chi connectivity index (χ3n) is 4.31. The summed E-state index contributed by atoms with van der Waals surface area (Å²) in [6.07, 6.45) is 4.20. The molecule has 0 spiro atoms. The van der Waals surface area contributed by atoms with Gasteiger partial charge in [-0.3, -0.25) is 9.59 Å². The Hall–Kier alpha value is -2.10. The minimum atomic E-state index is 0.652. The van der Waals surface area contributed by atoms with Crippen molar-refractivity contribution in [2.45, 2.75) is 47.0 Å². The minimum Gasteiger partial charge on any atom is -0.355 e. The van der Waals surface area contributed by atoms with Crippen LogP contribution in [0.5, 0.6) is 0 Å². The van der Waals surface area contributed by atoms with E-state index in [1.165, 1.54) is 11.1 Å². The standard InChI is InChI=1S/C17H22N2O2/c1-5-12-10(3)16(8-20)18-14(12)7-15-13(6-2)11(4)17(9-21)19-15/h8-9,18-19H,5-7H2,1-4H3. The van der Waals surface area contributed by atoms with Crippen LogP contribution in [0.4, 0.5) is 0 Å². The fraction of sp³-hybridized carbons (Fsp3) is 0.412. The topological polar surface area (TPSA) is 65.7 Å². The summed E-state index contributed by atoms with van der Waals surface area (Å²) in [5.41, 5.74) is 7.87. The molecule has 0 saturated heterocycles. The number of aldehydes is 2. The van der Waals surface area contributed by atoms with E-state index in [4.69, 9.17) is 0 Å². The molecule has 2 N–H and O–H groups in total. The van der Waals surface area contributed by atoms with Crippen molar-refractivity contribution in [2.75, 3.05) is 0 Å². The number of hydrogen-bond donors (Lipinski definition) is 2. The zero-order valence-corrected chi connectivity index (χ0v) is 13.1. The molecule has 21 heavy (non-hydrogen) atoms. The molecule has 2 rings (SSSR count). The van der Waals surface area contributed by atoms with E-state index in [0.717, 1.165) is 47.9 Å². The van der Waals surface area contributed by atoms with Crippen LogP contribution in [0.25, 0.3) is 0 Å². The maximum atomic E-state index is 11.1. The van der Waals surface area contributed by atoms with Gasteiger partial charge in [0.1, 0.15) is 0 Å². The Morgan fingerprint density at radius 2 is 1.19 bits per heavy atom. The molecule has 4 heteroatoms. The van der Waals surface area contributed by atoms with Gasteiger partial charge in [0.25, 0.3) is 0 Å². The van der Waals surface area contributed by atoms with Crippen molar-refractivity contribution in [3.63, 3.8) is 0 Å². The van der Waals surface area contributed by atoms with Crippen LogP contribution in [0.3, 0.4) is 0 Å². The third-order valence-corrected chi connectivity index (χ3v) is 4.31. The van der Waals surface area contributed by atoms with E-state index in [1.54, 1.807) is 0 Å². The SMILES string of the molecule is CCc1c(Cc2[nH]c(C=O)c(C)c2CC)[nH]c(C=O)c1C. The second-order valence-electron chi connectivity index (χ2n) is 5.36. The van der Waals surface area contributed by atoms with E-state index in [0.29, 0.717) is 17.8 Å². The highest BCUT2D eigenvalue weighted by atomic mass is 16.1. The largest absolute Gasteiger partial charge is 0.355 e. The average molecular weight is 286 g/mol. The number of rotatable bonds is 6. The van der Waals surface area contributed by atoms with E-state index in [-0.39, 0.29) is 0 Å². The molecule has 2 aromatic rings. The predicted octanol–water partition coefficient (Wildman–Crippen LogP) is 3.30. The maximum Gasteiger partial charge on any atom is 0.166 e. The quantitative estimate of drug-likeness (QED) is 0.800. The van der Waals surface area contributed by atoms with Crippen molar-refractivity contribution in [3.05, 3.63) is 45.0 Å². The summed E-state index contributed by atoms with van der Waals surface area (Å²) in [6.45, 7) is 8.12. The molecule has 2 aromatic heterocycles. The average Bonchev–Trinajstić information content (AvgIpc) is 2.95. The molecule has 0 aliphatic rings. The summed E-state index contributed by atoms with van der Waals surface area (Å²) in [5.74, 6) is 0. The highest BCUT2D eigenvalue weighted by Gasteiger charge is 2.17. The zero-order valence-electron chi connectivity index (χ0n) is 13.1. The van der Waals surface area contributed by atoms with Crippen LogP contribution in [0.2, 0.25) is 0 Å². The first kappa shape index (κ1) is 15.3. The zero-order chi connectivity index (χ0) is 15.6. The van der Waals surface area contributed by atoms with Crippen molar-refractivity contribution >= 4 is 12.6 Å². The fourth-order valence-corrected chi connectivity index (χ4v) is 3.11. The van der Waals surface area contributed by atoms with E-state index in [2.05, 4.69) is 23.8 Å². The van der Waals surface area contributed by atoms with Crippen LogP contribution in [0.1, 0.15) is 68.5 Å². The van der Waals surface area contributed by atoms with Crippen LogP contribution in [-0.4, -0.2) is 22.5 Å². The van der Waals surface area contributed by atoms with E-state index in [1.807, 2.05) is 13.8 Å². The lowest BCUT2D eigenvalue weighted by Gasteiger charge is -2.05. The first-order valence-electron chi connectivity index (χ1n) is 7.38. The monoisotopic (exact) mass is 286 g/mol. The van der Waals surface area contributed by atoms with Crippen molar-refractivity contribution in [1.82, 2.24) is 9.97 Å². The van der Waals surface area contributed by atoms with Crippen molar-refractivity contribution in [2.24, 2.45) is 0 Å². The lowest BCUT2D eigenvalue weighted by Crippen LogP contribution is -1.97. The molecule has 0 fully saturated rings. The summed E-state index contributed by atoms with van der Waals surface area (Å²) >= 11 is 0. The molecule has 0 radical (unpaired) electrons. The van der Waals surface area contributed by atoms with Crippen LogP contribution in [0, 0.1) is 13.8 Å². The lowest BCUT2D eigenvalue weighted by atomic mass is 10.0. The van der Waals surface area contributed by atoms with Gasteiger partial charge in [-0.15, -0.1) is 0 Å². The smallest absolute Gasteiger partial charge is 0.166 e. The normalized spacial score (nSPS) is 10.9. The molecule has 0 atom stereocenters. The predicted molar refractivity (Wildman–Crippen MR) is 83.4 cm³/mol. The molecule has 0 aliphatic heterocycles. The van der Waals surface area contributed by atoms with Gasteiger partial charge < -0.3 is 9.97 Å². The molecule has 2 heterocycles. The van der Waals surface area contributed by atoms with E-state index < -0.39 is 0 Å². The fourth-order valence-electron chi connectivity index (χ4n) is 3.11. The summed E-state index contributed by atoms with van der Waals surface area (Å²) in [4.78, 5) is 28.6. The van der Waals surface area contributed by atoms with Gasteiger partial charge >= 0.3 is 0 Å². The van der Waals surface area contributed by atoms with Crippen molar-refractivity contribution < 1.29 is 9.59 Å². The van der Waals surface area contributed by atoms with Crippen LogP contribution in [-0.2, 0) is 19.3 Å². The second kappa shape index (κ2) is 6.12. The molecule has 0 bridgehead atoms. The van der Waals surface area contributed by atoms with Crippen LogP contribution in [0.15, 0.2) is 0 Å². The summed E-state index contributed by atoms with van der Waals surface area (Å²) in [7, 11) is 0. The highest BCUT2D eigenvalue weighted by Crippen LogP contribution is 2.24. The number of H-pyrrole nitrogens is 2. The van der Waals surface area contributed by atoms with Gasteiger partial charge in [-0.1, -0.05) is 13.8 Å². The molecular formula is C17H22N2O2. The lowest BCUT2D eigenvalue weighted by molar-refractivity contribution is 0.111. The molecule has 0 saturated carbocycles. The first-order valence-corrected chi connectivity index (χ1v) is 7.38. The number of nitrogens with one attached hydrogen (secondary N) is 2. The van der Waals surface area contributed by atoms with Crippen molar-refractivity contribution in [3.8, 4) is 0 Å². The summed E-state index contributed by atoms with van der Waals surface area (Å²) in [6, 6.07) is 0. The molecule has 0 unspecified atom stereocenters. The van der Waals surface area contributed by atoms with Crippen molar-refractivity contribution in [1.29, 1.82) is 0 Å². The summed E-state index contributed by atoms with van der Waals surface area (Å²) in [5, 5.41) is 0. The van der Waals surface area contributed by atoms with Gasteiger partial charge in [-0.2, -0.15) is 0 Å². The molecule has 0 aromatic carbocycles. The number of carbonyl (C=O) groups excluding carboxylic acids is 2. The number of hydrogen-bond acceptors (Lipinski definition) is 2. The Balaban J connectivity index is 2.47. The molecule has 4 nitrogen and oxygen atoms in total. The molecule has 0 amide bonds. The maximum absolute atomic E-state index is 11.1. The molecule has 112 valence electrons.